The predicted octanol–water partition coefficient (Wildman–Crippen LogP) is 5.38. The number of thiophene rings is 1. The zero-order valence-electron chi connectivity index (χ0n) is 11.6. The van der Waals surface area contributed by atoms with Gasteiger partial charge in [-0.15, -0.1) is 11.3 Å². The van der Waals surface area contributed by atoms with Gasteiger partial charge in [-0.05, 0) is 36.8 Å². The number of hydrogen-bond acceptors (Lipinski definition) is 3. The Morgan fingerprint density at radius 3 is 2.62 bits per heavy atom. The van der Waals surface area contributed by atoms with Crippen LogP contribution in [0.2, 0.25) is 5.15 Å². The van der Waals surface area contributed by atoms with E-state index in [1.165, 1.54) is 15.3 Å². The summed E-state index contributed by atoms with van der Waals surface area (Å²) in [4.78, 5) is 6.83. The topological polar surface area (TPSA) is 24.9 Å². The second kappa shape index (κ2) is 6.29. The number of hydrogen-bond donors (Lipinski definition) is 1. The first-order valence-corrected chi connectivity index (χ1v) is 7.93. The Morgan fingerprint density at radius 2 is 1.86 bits per heavy atom. The van der Waals surface area contributed by atoms with E-state index < -0.39 is 0 Å². The van der Waals surface area contributed by atoms with E-state index in [-0.39, 0.29) is 0 Å². The van der Waals surface area contributed by atoms with Crippen LogP contribution < -0.4 is 5.32 Å². The van der Waals surface area contributed by atoms with Crippen LogP contribution in [0.4, 0.5) is 5.69 Å². The van der Waals surface area contributed by atoms with Gasteiger partial charge in [-0.2, -0.15) is 0 Å². The second-order valence-electron chi connectivity index (χ2n) is 4.75. The maximum absolute atomic E-state index is 5.87. The van der Waals surface area contributed by atoms with Crippen LogP contribution in [0.5, 0.6) is 0 Å². The minimum atomic E-state index is 0.528. The Bertz CT molecular complexity index is 738. The number of benzene rings is 1. The minimum Gasteiger partial charge on any atom is -0.379 e. The number of pyridine rings is 1. The van der Waals surface area contributed by atoms with Crippen molar-refractivity contribution >= 4 is 28.6 Å². The van der Waals surface area contributed by atoms with E-state index in [0.717, 1.165) is 17.9 Å². The molecular formula is C17H15ClN2S. The molecule has 0 saturated heterocycles. The number of aryl methyl sites for hydroxylation is 1. The van der Waals surface area contributed by atoms with Gasteiger partial charge in [-0.1, -0.05) is 41.9 Å². The quantitative estimate of drug-likeness (QED) is 0.654. The Kier molecular flexibility index (Phi) is 4.23. The van der Waals surface area contributed by atoms with Crippen molar-refractivity contribution in [1.82, 2.24) is 4.98 Å². The van der Waals surface area contributed by atoms with Gasteiger partial charge in [0.1, 0.15) is 5.15 Å². The maximum Gasteiger partial charge on any atom is 0.129 e. The summed E-state index contributed by atoms with van der Waals surface area (Å²) in [6.07, 6.45) is 0. The molecule has 0 atom stereocenters. The van der Waals surface area contributed by atoms with Gasteiger partial charge in [0.15, 0.2) is 0 Å². The van der Waals surface area contributed by atoms with Gasteiger partial charge in [-0.3, -0.25) is 0 Å². The number of nitrogens with one attached hydrogen (secondary N) is 1. The van der Waals surface area contributed by atoms with Crippen molar-refractivity contribution in [1.29, 1.82) is 0 Å². The first-order valence-electron chi connectivity index (χ1n) is 6.73. The van der Waals surface area contributed by atoms with Gasteiger partial charge >= 0.3 is 0 Å². The number of aromatic nitrogens is 1. The molecule has 21 heavy (non-hydrogen) atoms. The first-order chi connectivity index (χ1) is 10.2. The molecular weight excluding hydrogens is 300 g/mol. The molecule has 1 aromatic carbocycles. The van der Waals surface area contributed by atoms with E-state index in [9.17, 15) is 0 Å². The van der Waals surface area contributed by atoms with Crippen molar-refractivity contribution < 1.29 is 0 Å². The third kappa shape index (κ3) is 3.43. The number of nitrogens with zero attached hydrogens (tertiary/aromatic N) is 1. The lowest BCUT2D eigenvalue weighted by Gasteiger charge is -2.07. The normalized spacial score (nSPS) is 10.6. The first kappa shape index (κ1) is 14.1. The molecule has 0 aliphatic heterocycles. The van der Waals surface area contributed by atoms with Crippen molar-refractivity contribution in [2.45, 2.75) is 13.5 Å². The lowest BCUT2D eigenvalue weighted by molar-refractivity contribution is 1.13. The number of rotatable bonds is 4. The summed E-state index contributed by atoms with van der Waals surface area (Å²) in [7, 11) is 0. The third-order valence-corrected chi connectivity index (χ3v) is 4.57. The molecule has 2 aromatic heterocycles. The largest absolute Gasteiger partial charge is 0.379 e. The predicted molar refractivity (Wildman–Crippen MR) is 91.1 cm³/mol. The smallest absolute Gasteiger partial charge is 0.129 e. The summed E-state index contributed by atoms with van der Waals surface area (Å²) in [5.41, 5.74) is 3.20. The molecule has 0 spiro atoms. The van der Waals surface area contributed by atoms with Crippen LogP contribution in [0.1, 0.15) is 10.6 Å². The van der Waals surface area contributed by atoms with Crippen LogP contribution in [0.25, 0.3) is 10.4 Å². The van der Waals surface area contributed by atoms with Crippen LogP contribution >= 0.6 is 22.9 Å². The van der Waals surface area contributed by atoms with Gasteiger partial charge in [0.05, 0.1) is 11.4 Å². The molecule has 0 radical (unpaired) electrons. The Balaban J connectivity index is 1.70. The maximum atomic E-state index is 5.87. The monoisotopic (exact) mass is 314 g/mol. The molecule has 106 valence electrons. The summed E-state index contributed by atoms with van der Waals surface area (Å²) >= 11 is 7.67. The molecule has 4 heteroatoms. The molecule has 3 aromatic rings. The second-order valence-corrected chi connectivity index (χ2v) is 6.31. The zero-order chi connectivity index (χ0) is 14.7. The Labute approximate surface area is 133 Å². The third-order valence-electron chi connectivity index (χ3n) is 3.22. The lowest BCUT2D eigenvalue weighted by Crippen LogP contribution is -2.00. The number of anilines is 1. The standard InChI is InChI=1S/C17H15ClN2S/c1-12-15(8-10-17(18)20-12)19-11-14-7-9-16(21-14)13-5-3-2-4-6-13/h2-10,19H,11H2,1H3. The molecule has 0 amide bonds. The molecule has 1 N–H and O–H groups in total. The average molecular weight is 315 g/mol. The van der Waals surface area contributed by atoms with Crippen molar-refractivity contribution in [3.05, 3.63) is 70.3 Å². The molecule has 2 nitrogen and oxygen atoms in total. The fourth-order valence-electron chi connectivity index (χ4n) is 2.13. The van der Waals surface area contributed by atoms with E-state index >= 15 is 0 Å². The van der Waals surface area contributed by atoms with Crippen molar-refractivity contribution in [3.8, 4) is 10.4 Å². The zero-order valence-corrected chi connectivity index (χ0v) is 13.2. The highest BCUT2D eigenvalue weighted by Gasteiger charge is 2.04. The summed E-state index contributed by atoms with van der Waals surface area (Å²) in [6, 6.07) is 18.5. The fourth-order valence-corrected chi connectivity index (χ4v) is 3.27. The number of halogens is 1. The molecule has 0 saturated carbocycles. The van der Waals surface area contributed by atoms with Gasteiger partial charge in [0.2, 0.25) is 0 Å². The van der Waals surface area contributed by atoms with Crippen LogP contribution in [0.3, 0.4) is 0 Å². The molecule has 0 aliphatic rings. The average Bonchev–Trinajstić information content (AvgIpc) is 2.96. The SMILES string of the molecule is Cc1nc(Cl)ccc1NCc1ccc(-c2ccccc2)s1. The molecule has 0 unspecified atom stereocenters. The molecule has 3 rings (SSSR count). The van der Waals surface area contributed by atoms with Gasteiger partial charge in [0, 0.05) is 16.3 Å². The van der Waals surface area contributed by atoms with Crippen LogP contribution in [-0.2, 0) is 6.54 Å². The molecule has 0 bridgehead atoms. The summed E-state index contributed by atoms with van der Waals surface area (Å²) in [6.45, 7) is 2.75. The van der Waals surface area contributed by atoms with E-state index in [0.29, 0.717) is 5.15 Å². The van der Waals surface area contributed by atoms with Gasteiger partial charge in [0.25, 0.3) is 0 Å². The highest BCUT2D eigenvalue weighted by Crippen LogP contribution is 2.28. The van der Waals surface area contributed by atoms with Crippen LogP contribution in [-0.4, -0.2) is 4.98 Å². The summed E-state index contributed by atoms with van der Waals surface area (Å²) in [5, 5.41) is 3.94. The van der Waals surface area contributed by atoms with Crippen molar-refractivity contribution in [2.75, 3.05) is 5.32 Å². The Morgan fingerprint density at radius 1 is 1.05 bits per heavy atom. The fraction of sp³-hybridized carbons (Fsp3) is 0.118. The summed E-state index contributed by atoms with van der Waals surface area (Å²) in [5.74, 6) is 0. The molecule has 0 aliphatic carbocycles. The van der Waals surface area contributed by atoms with Gasteiger partial charge in [-0.25, -0.2) is 4.98 Å². The van der Waals surface area contributed by atoms with E-state index in [1.54, 1.807) is 17.4 Å². The van der Waals surface area contributed by atoms with Crippen molar-refractivity contribution in [2.24, 2.45) is 0 Å². The van der Waals surface area contributed by atoms with Crippen molar-refractivity contribution in [3.63, 3.8) is 0 Å². The van der Waals surface area contributed by atoms with Gasteiger partial charge < -0.3 is 5.32 Å². The summed E-state index contributed by atoms with van der Waals surface area (Å²) < 4.78 is 0. The van der Waals surface area contributed by atoms with E-state index in [2.05, 4.69) is 46.7 Å². The van der Waals surface area contributed by atoms with E-state index in [1.807, 2.05) is 19.1 Å². The van der Waals surface area contributed by atoms with Crippen LogP contribution in [0.15, 0.2) is 54.6 Å². The molecule has 2 heterocycles. The Hall–Kier alpha value is -1.84. The molecule has 0 fully saturated rings. The lowest BCUT2D eigenvalue weighted by atomic mass is 10.2. The van der Waals surface area contributed by atoms with E-state index in [4.69, 9.17) is 11.6 Å². The van der Waals surface area contributed by atoms with Crippen LogP contribution in [0, 0.1) is 6.92 Å². The highest BCUT2D eigenvalue weighted by molar-refractivity contribution is 7.15. The highest BCUT2D eigenvalue weighted by atomic mass is 35.5. The minimum absolute atomic E-state index is 0.528.